The van der Waals surface area contributed by atoms with Crippen molar-refractivity contribution in [2.45, 2.75) is 6.18 Å². The molecule has 0 radical (unpaired) electrons. The third-order valence-corrected chi connectivity index (χ3v) is 1.57. The van der Waals surface area contributed by atoms with E-state index in [1.165, 1.54) is 6.07 Å². The molecule has 0 saturated carbocycles. The number of hydrogen-bond donors (Lipinski definition) is 0. The van der Waals surface area contributed by atoms with Crippen molar-refractivity contribution in [3.63, 3.8) is 0 Å². The summed E-state index contributed by atoms with van der Waals surface area (Å²) >= 11 is 0. The molecule has 0 saturated heterocycles. The molecule has 70 valence electrons. The molecular formula is C9H3F3N2. The van der Waals surface area contributed by atoms with Crippen LogP contribution in [0.2, 0.25) is 0 Å². The number of hydrogen-bond acceptors (Lipinski definition) is 2. The number of benzene rings is 1. The van der Waals surface area contributed by atoms with Crippen LogP contribution in [0.3, 0.4) is 0 Å². The number of nitrogens with zero attached hydrogens (tertiary/aromatic N) is 2. The highest BCUT2D eigenvalue weighted by Gasteiger charge is 2.33. The van der Waals surface area contributed by atoms with Crippen LogP contribution >= 0.6 is 0 Å². The van der Waals surface area contributed by atoms with Crippen molar-refractivity contribution in [1.29, 1.82) is 10.5 Å². The summed E-state index contributed by atoms with van der Waals surface area (Å²) in [5.41, 5.74) is -1.51. The third kappa shape index (κ3) is 1.83. The van der Waals surface area contributed by atoms with Crippen LogP contribution in [-0.4, -0.2) is 0 Å². The first kappa shape index (κ1) is 10.1. The Labute approximate surface area is 77.8 Å². The molecule has 2 nitrogen and oxygen atoms in total. The van der Waals surface area contributed by atoms with Gasteiger partial charge in [0.2, 0.25) is 0 Å². The van der Waals surface area contributed by atoms with Gasteiger partial charge in [-0.2, -0.15) is 23.7 Å². The van der Waals surface area contributed by atoms with E-state index in [2.05, 4.69) is 0 Å². The number of alkyl halides is 3. The highest BCUT2D eigenvalue weighted by molar-refractivity contribution is 5.45. The molecule has 0 aromatic heterocycles. The zero-order valence-electron chi connectivity index (χ0n) is 6.76. The molecule has 0 amide bonds. The van der Waals surface area contributed by atoms with E-state index < -0.39 is 17.3 Å². The summed E-state index contributed by atoms with van der Waals surface area (Å²) in [5.74, 6) is 0. The molecule has 1 aromatic rings. The van der Waals surface area contributed by atoms with Crippen molar-refractivity contribution < 1.29 is 13.2 Å². The molecule has 0 aliphatic heterocycles. The number of nitriles is 2. The fourth-order valence-electron chi connectivity index (χ4n) is 0.953. The summed E-state index contributed by atoms with van der Waals surface area (Å²) in [7, 11) is 0. The van der Waals surface area contributed by atoms with Gasteiger partial charge >= 0.3 is 6.18 Å². The molecule has 0 aliphatic carbocycles. The molecule has 0 fully saturated rings. The maximum atomic E-state index is 12.2. The van der Waals surface area contributed by atoms with Crippen molar-refractivity contribution in [3.8, 4) is 12.1 Å². The highest BCUT2D eigenvalue weighted by Crippen LogP contribution is 2.31. The number of halogens is 3. The van der Waals surface area contributed by atoms with E-state index in [1.54, 1.807) is 6.07 Å². The van der Waals surface area contributed by atoms with Crippen molar-refractivity contribution in [2.24, 2.45) is 0 Å². The van der Waals surface area contributed by atoms with Crippen LogP contribution in [0.1, 0.15) is 16.7 Å². The summed E-state index contributed by atoms with van der Waals surface area (Å²) < 4.78 is 36.7. The van der Waals surface area contributed by atoms with Crippen LogP contribution in [0.4, 0.5) is 13.2 Å². The lowest BCUT2D eigenvalue weighted by Crippen LogP contribution is -2.07. The van der Waals surface area contributed by atoms with Gasteiger partial charge in [0.05, 0.1) is 28.8 Å². The molecule has 0 bridgehead atoms. The quantitative estimate of drug-likeness (QED) is 0.639. The first-order valence-corrected chi connectivity index (χ1v) is 3.50. The van der Waals surface area contributed by atoms with Crippen molar-refractivity contribution in [2.75, 3.05) is 0 Å². The van der Waals surface area contributed by atoms with Gasteiger partial charge in [-0.05, 0) is 18.2 Å². The minimum absolute atomic E-state index is 0.0366. The molecule has 0 atom stereocenters. The van der Waals surface area contributed by atoms with E-state index in [0.717, 1.165) is 18.2 Å². The normalized spacial score (nSPS) is 10.4. The Kier molecular flexibility index (Phi) is 2.44. The van der Waals surface area contributed by atoms with Crippen LogP contribution in [0.25, 0.3) is 0 Å². The van der Waals surface area contributed by atoms with E-state index in [4.69, 9.17) is 10.5 Å². The summed E-state index contributed by atoms with van der Waals surface area (Å²) in [6, 6.07) is 5.75. The molecule has 1 aromatic carbocycles. The van der Waals surface area contributed by atoms with E-state index >= 15 is 0 Å². The fraction of sp³-hybridized carbons (Fsp3) is 0.111. The Morgan fingerprint density at radius 1 is 1.07 bits per heavy atom. The van der Waals surface area contributed by atoms with Crippen molar-refractivity contribution in [3.05, 3.63) is 34.9 Å². The van der Waals surface area contributed by atoms with E-state index in [0.29, 0.717) is 0 Å². The molecule has 1 rings (SSSR count). The molecule has 14 heavy (non-hydrogen) atoms. The van der Waals surface area contributed by atoms with Crippen molar-refractivity contribution >= 4 is 0 Å². The Bertz CT molecular complexity index is 435. The molecule has 5 heteroatoms. The lowest BCUT2D eigenvalue weighted by atomic mass is 10.1. The van der Waals surface area contributed by atoms with E-state index in [1.807, 2.05) is 0 Å². The second-order valence-electron chi connectivity index (χ2n) is 2.48. The maximum Gasteiger partial charge on any atom is 0.417 e. The van der Waals surface area contributed by atoms with Gasteiger partial charge in [0.25, 0.3) is 0 Å². The molecule has 0 heterocycles. The predicted molar refractivity (Wildman–Crippen MR) is 40.9 cm³/mol. The Morgan fingerprint density at radius 2 is 1.71 bits per heavy atom. The summed E-state index contributed by atoms with van der Waals surface area (Å²) in [4.78, 5) is 0. The highest BCUT2D eigenvalue weighted by atomic mass is 19.4. The monoisotopic (exact) mass is 196 g/mol. The van der Waals surface area contributed by atoms with E-state index in [9.17, 15) is 13.2 Å². The van der Waals surface area contributed by atoms with Crippen molar-refractivity contribution in [1.82, 2.24) is 0 Å². The minimum Gasteiger partial charge on any atom is -0.192 e. The zero-order chi connectivity index (χ0) is 10.8. The zero-order valence-corrected chi connectivity index (χ0v) is 6.76. The minimum atomic E-state index is -4.56. The fourth-order valence-corrected chi connectivity index (χ4v) is 0.953. The molecule has 0 aliphatic rings. The van der Waals surface area contributed by atoms with Gasteiger partial charge in [0, 0.05) is 0 Å². The van der Waals surface area contributed by atoms with Gasteiger partial charge < -0.3 is 0 Å². The standard InChI is InChI=1S/C9H3F3N2/c10-9(11,12)8-2-1-6(4-13)3-7(8)5-14/h1-3H. The van der Waals surface area contributed by atoms with E-state index in [-0.39, 0.29) is 5.56 Å². The maximum absolute atomic E-state index is 12.2. The Morgan fingerprint density at radius 3 is 2.14 bits per heavy atom. The topological polar surface area (TPSA) is 47.6 Å². The smallest absolute Gasteiger partial charge is 0.192 e. The molecule has 0 spiro atoms. The third-order valence-electron chi connectivity index (χ3n) is 1.57. The molecule has 0 N–H and O–H groups in total. The van der Waals surface area contributed by atoms with Crippen LogP contribution in [0, 0.1) is 22.7 Å². The molecular weight excluding hydrogens is 193 g/mol. The lowest BCUT2D eigenvalue weighted by molar-refractivity contribution is -0.137. The van der Waals surface area contributed by atoms with Gasteiger partial charge in [-0.15, -0.1) is 0 Å². The largest absolute Gasteiger partial charge is 0.417 e. The van der Waals surface area contributed by atoms with Crippen LogP contribution in [0.5, 0.6) is 0 Å². The number of rotatable bonds is 0. The average Bonchev–Trinajstić information content (AvgIpc) is 2.15. The summed E-state index contributed by atoms with van der Waals surface area (Å²) in [5, 5.41) is 16.9. The van der Waals surface area contributed by atoms with Gasteiger partial charge in [0.1, 0.15) is 0 Å². The first-order valence-electron chi connectivity index (χ1n) is 3.50. The molecule has 0 unspecified atom stereocenters. The van der Waals surface area contributed by atoms with Gasteiger partial charge in [0.15, 0.2) is 0 Å². The summed E-state index contributed by atoms with van der Waals surface area (Å²) in [6.45, 7) is 0. The van der Waals surface area contributed by atoms with Gasteiger partial charge in [-0.1, -0.05) is 0 Å². The van der Waals surface area contributed by atoms with Crippen LogP contribution in [-0.2, 0) is 6.18 Å². The first-order chi connectivity index (χ1) is 6.49. The SMILES string of the molecule is N#Cc1ccc(C(F)(F)F)c(C#N)c1. The second kappa shape index (κ2) is 3.39. The average molecular weight is 196 g/mol. The van der Waals surface area contributed by atoms with Gasteiger partial charge in [-0.25, -0.2) is 0 Å². The Balaban J connectivity index is 3.37. The Hall–Kier alpha value is -2.01. The van der Waals surface area contributed by atoms with Crippen LogP contribution < -0.4 is 0 Å². The van der Waals surface area contributed by atoms with Gasteiger partial charge in [-0.3, -0.25) is 0 Å². The van der Waals surface area contributed by atoms with Crippen LogP contribution in [0.15, 0.2) is 18.2 Å². The summed E-state index contributed by atoms with van der Waals surface area (Å²) in [6.07, 6.45) is -4.56. The second-order valence-corrected chi connectivity index (χ2v) is 2.48. The predicted octanol–water partition coefficient (Wildman–Crippen LogP) is 2.45. The lowest BCUT2D eigenvalue weighted by Gasteiger charge is -2.07.